The molecule has 0 saturated heterocycles. The van der Waals surface area contributed by atoms with Crippen LogP contribution in [0.15, 0.2) is 23.1 Å². The monoisotopic (exact) mass is 276 g/mol. The van der Waals surface area contributed by atoms with Crippen LogP contribution in [0.4, 0.5) is 0 Å². The van der Waals surface area contributed by atoms with Gasteiger partial charge in [-0.25, -0.2) is 0 Å². The molecule has 0 saturated carbocycles. The lowest BCUT2D eigenvalue weighted by Crippen LogP contribution is -2.18. The van der Waals surface area contributed by atoms with Crippen molar-refractivity contribution in [3.05, 3.63) is 29.3 Å². The first-order valence-electron chi connectivity index (χ1n) is 5.29. The lowest BCUT2D eigenvalue weighted by Gasteiger charge is -2.22. The molecule has 0 aliphatic heterocycles. The van der Waals surface area contributed by atoms with Gasteiger partial charge in [-0.1, -0.05) is 31.5 Å². The summed E-state index contributed by atoms with van der Waals surface area (Å²) < 4.78 is 31.7. The molecule has 0 atom stereocenters. The van der Waals surface area contributed by atoms with E-state index < -0.39 is 10.1 Å². The maximum atomic E-state index is 11.3. The van der Waals surface area contributed by atoms with Crippen LogP contribution in [-0.2, 0) is 16.5 Å². The zero-order valence-electron chi connectivity index (χ0n) is 10.2. The Hall–Kier alpha value is -0.580. The van der Waals surface area contributed by atoms with E-state index in [0.717, 1.165) is 5.56 Å². The largest absolute Gasteiger partial charge is 0.294 e. The number of aryl methyl sites for hydroxylation is 1. The fraction of sp³-hybridized carbons (Fsp3) is 0.500. The molecular weight excluding hydrogens is 260 g/mol. The van der Waals surface area contributed by atoms with Crippen LogP contribution >= 0.6 is 11.6 Å². The molecular formula is C12H17ClO3S. The van der Waals surface area contributed by atoms with Gasteiger partial charge in [0, 0.05) is 5.88 Å². The minimum atomic E-state index is -4.17. The van der Waals surface area contributed by atoms with Crippen LogP contribution in [0.3, 0.4) is 0 Å². The van der Waals surface area contributed by atoms with Crippen LogP contribution in [0.1, 0.15) is 25.0 Å². The molecule has 0 bridgehead atoms. The zero-order chi connectivity index (χ0) is 13.3. The van der Waals surface area contributed by atoms with Crippen LogP contribution < -0.4 is 0 Å². The maximum Gasteiger partial charge on any atom is 0.294 e. The molecule has 1 aromatic carbocycles. The van der Waals surface area contributed by atoms with Gasteiger partial charge in [0.15, 0.2) is 0 Å². The van der Waals surface area contributed by atoms with Crippen molar-refractivity contribution in [2.24, 2.45) is 5.41 Å². The predicted molar refractivity (Wildman–Crippen MR) is 69.2 cm³/mol. The van der Waals surface area contributed by atoms with E-state index in [0.29, 0.717) is 17.9 Å². The third kappa shape index (κ3) is 3.98. The summed E-state index contributed by atoms with van der Waals surface area (Å²) in [4.78, 5) is -0.0266. The average Bonchev–Trinajstić information content (AvgIpc) is 2.15. The lowest BCUT2D eigenvalue weighted by molar-refractivity contribution is 0.412. The highest BCUT2D eigenvalue weighted by molar-refractivity contribution is 7.85. The van der Waals surface area contributed by atoms with Crippen LogP contribution in [-0.4, -0.2) is 18.9 Å². The lowest BCUT2D eigenvalue weighted by atomic mass is 9.87. The summed E-state index contributed by atoms with van der Waals surface area (Å²) in [6, 6.07) is 4.88. The molecule has 1 rings (SSSR count). The van der Waals surface area contributed by atoms with Crippen molar-refractivity contribution in [2.45, 2.75) is 32.1 Å². The Morgan fingerprint density at radius 3 is 2.41 bits per heavy atom. The molecule has 3 nitrogen and oxygen atoms in total. The molecule has 0 fully saturated rings. The van der Waals surface area contributed by atoms with Crippen molar-refractivity contribution in [3.63, 3.8) is 0 Å². The van der Waals surface area contributed by atoms with Crippen molar-refractivity contribution in [1.82, 2.24) is 0 Å². The molecule has 17 heavy (non-hydrogen) atoms. The standard InChI is InChI=1S/C12H17ClO3S/c1-9-4-5-11(17(14,15)16)10(6-9)7-12(2,3)8-13/h4-6H,7-8H2,1-3H3,(H,14,15,16). The van der Waals surface area contributed by atoms with Crippen LogP contribution in [0, 0.1) is 12.3 Å². The van der Waals surface area contributed by atoms with Crippen LogP contribution in [0.5, 0.6) is 0 Å². The Kier molecular flexibility index (Phi) is 4.23. The van der Waals surface area contributed by atoms with Gasteiger partial charge in [-0.05, 0) is 30.4 Å². The van der Waals surface area contributed by atoms with Crippen molar-refractivity contribution >= 4 is 21.7 Å². The Labute approximate surface area is 108 Å². The molecule has 0 heterocycles. The molecule has 0 unspecified atom stereocenters. The van der Waals surface area contributed by atoms with Gasteiger partial charge in [0.1, 0.15) is 0 Å². The summed E-state index contributed by atoms with van der Waals surface area (Å²) in [5.41, 5.74) is 1.35. The smallest absolute Gasteiger partial charge is 0.282 e. The molecule has 0 aromatic heterocycles. The van der Waals surface area contributed by atoms with Gasteiger partial charge in [-0.3, -0.25) is 4.55 Å². The van der Waals surface area contributed by atoms with Crippen molar-refractivity contribution < 1.29 is 13.0 Å². The van der Waals surface area contributed by atoms with Gasteiger partial charge in [0.2, 0.25) is 0 Å². The number of alkyl halides is 1. The SMILES string of the molecule is Cc1ccc(S(=O)(=O)O)c(CC(C)(C)CCl)c1. The third-order valence-corrected chi connectivity index (χ3v) is 4.20. The molecule has 0 aliphatic rings. The quantitative estimate of drug-likeness (QED) is 0.679. The second-order valence-electron chi connectivity index (χ2n) is 5.06. The van der Waals surface area contributed by atoms with Crippen LogP contribution in [0.2, 0.25) is 0 Å². The van der Waals surface area contributed by atoms with Gasteiger partial charge >= 0.3 is 0 Å². The Morgan fingerprint density at radius 1 is 1.35 bits per heavy atom. The number of rotatable bonds is 4. The predicted octanol–water partition coefficient (Wildman–Crippen LogP) is 3.05. The van der Waals surface area contributed by atoms with Gasteiger partial charge < -0.3 is 0 Å². The Bertz CT molecular complexity index is 506. The summed E-state index contributed by atoms with van der Waals surface area (Å²) in [5.74, 6) is 0.422. The highest BCUT2D eigenvalue weighted by Crippen LogP contribution is 2.27. The summed E-state index contributed by atoms with van der Waals surface area (Å²) in [6.45, 7) is 5.79. The van der Waals surface area contributed by atoms with Gasteiger partial charge in [0.25, 0.3) is 10.1 Å². The second kappa shape index (κ2) is 4.96. The van der Waals surface area contributed by atoms with Crippen molar-refractivity contribution in [2.75, 3.05) is 5.88 Å². The summed E-state index contributed by atoms with van der Waals surface area (Å²) in [7, 11) is -4.17. The van der Waals surface area contributed by atoms with Crippen molar-refractivity contribution in [3.8, 4) is 0 Å². The highest BCUT2D eigenvalue weighted by atomic mass is 35.5. The zero-order valence-corrected chi connectivity index (χ0v) is 11.8. The normalized spacial score (nSPS) is 12.8. The topological polar surface area (TPSA) is 54.4 Å². The first kappa shape index (κ1) is 14.5. The van der Waals surface area contributed by atoms with Crippen molar-refractivity contribution in [1.29, 1.82) is 0 Å². The first-order chi connectivity index (χ1) is 7.65. The summed E-state index contributed by atoms with van der Waals surface area (Å²) >= 11 is 5.84. The van der Waals surface area contributed by atoms with Gasteiger partial charge in [0.05, 0.1) is 4.90 Å². The summed E-state index contributed by atoms with van der Waals surface area (Å²) in [5, 5.41) is 0. The first-order valence-corrected chi connectivity index (χ1v) is 7.26. The Balaban J connectivity index is 3.27. The molecule has 5 heteroatoms. The van der Waals surface area contributed by atoms with E-state index in [9.17, 15) is 8.42 Å². The minimum absolute atomic E-state index is 0.0266. The number of hydrogen-bond acceptors (Lipinski definition) is 2. The van der Waals surface area contributed by atoms with E-state index in [4.69, 9.17) is 16.2 Å². The summed E-state index contributed by atoms with van der Waals surface area (Å²) in [6.07, 6.45) is 0.507. The number of halogens is 1. The van der Waals surface area contributed by atoms with E-state index in [1.165, 1.54) is 6.07 Å². The molecule has 0 aliphatic carbocycles. The van der Waals surface area contributed by atoms with E-state index in [2.05, 4.69) is 0 Å². The number of hydrogen-bond donors (Lipinski definition) is 1. The van der Waals surface area contributed by atoms with E-state index in [-0.39, 0.29) is 10.3 Å². The molecule has 1 N–H and O–H groups in total. The third-order valence-electron chi connectivity index (χ3n) is 2.52. The van der Waals surface area contributed by atoms with Gasteiger partial charge in [-0.2, -0.15) is 8.42 Å². The fourth-order valence-corrected chi connectivity index (χ4v) is 2.46. The molecule has 0 radical (unpaired) electrons. The Morgan fingerprint density at radius 2 is 1.94 bits per heavy atom. The molecule has 0 spiro atoms. The van der Waals surface area contributed by atoms with Gasteiger partial charge in [-0.15, -0.1) is 11.6 Å². The molecule has 0 amide bonds. The van der Waals surface area contributed by atoms with E-state index >= 15 is 0 Å². The van der Waals surface area contributed by atoms with E-state index in [1.54, 1.807) is 12.1 Å². The van der Waals surface area contributed by atoms with Crippen LogP contribution in [0.25, 0.3) is 0 Å². The second-order valence-corrected chi connectivity index (χ2v) is 6.72. The molecule has 96 valence electrons. The minimum Gasteiger partial charge on any atom is -0.282 e. The maximum absolute atomic E-state index is 11.3. The molecule has 1 aromatic rings. The fourth-order valence-electron chi connectivity index (χ4n) is 1.66. The van der Waals surface area contributed by atoms with E-state index in [1.807, 2.05) is 20.8 Å². The highest BCUT2D eigenvalue weighted by Gasteiger charge is 2.22. The average molecular weight is 277 g/mol. The number of benzene rings is 1.